The summed E-state index contributed by atoms with van der Waals surface area (Å²) in [5, 5.41) is 4.79. The molecule has 0 aliphatic carbocycles. The van der Waals surface area contributed by atoms with Crippen molar-refractivity contribution in [1.82, 2.24) is 15.3 Å². The lowest BCUT2D eigenvalue weighted by atomic mass is 10.1. The molecule has 3 nitrogen and oxygen atoms in total. The Balaban J connectivity index is 1.68. The Kier molecular flexibility index (Phi) is 3.29. The maximum Gasteiger partial charge on any atom is 0.0457 e. The minimum Gasteiger partial charge on any atom is -0.361 e. The molecule has 3 aromatic rings. The van der Waals surface area contributed by atoms with Crippen LogP contribution in [0.4, 0.5) is 0 Å². The summed E-state index contributed by atoms with van der Waals surface area (Å²) in [6.07, 6.45) is 5.64. The standard InChI is InChI=1S/C16H17N3/c1-12(14-4-7-17-8-5-14)19-11-13-2-3-15-6-9-18-16(15)10-13/h2-10,12,18-19H,11H2,1H3. The van der Waals surface area contributed by atoms with Gasteiger partial charge in [0.05, 0.1) is 0 Å². The molecule has 0 aliphatic rings. The molecule has 0 bridgehead atoms. The van der Waals surface area contributed by atoms with Gasteiger partial charge >= 0.3 is 0 Å². The van der Waals surface area contributed by atoms with E-state index in [0.717, 1.165) is 6.54 Å². The van der Waals surface area contributed by atoms with Crippen LogP contribution in [-0.4, -0.2) is 9.97 Å². The van der Waals surface area contributed by atoms with Crippen LogP contribution in [0.5, 0.6) is 0 Å². The largest absolute Gasteiger partial charge is 0.361 e. The molecule has 2 aromatic heterocycles. The first-order valence-electron chi connectivity index (χ1n) is 6.52. The van der Waals surface area contributed by atoms with Crippen LogP contribution in [0.2, 0.25) is 0 Å². The predicted octanol–water partition coefficient (Wildman–Crippen LogP) is 3.41. The number of fused-ring (bicyclic) bond motifs is 1. The number of hydrogen-bond donors (Lipinski definition) is 2. The summed E-state index contributed by atoms with van der Waals surface area (Å²) in [5.74, 6) is 0. The summed E-state index contributed by atoms with van der Waals surface area (Å²) in [5.41, 5.74) is 3.74. The maximum absolute atomic E-state index is 4.04. The third kappa shape index (κ3) is 2.66. The van der Waals surface area contributed by atoms with Crippen molar-refractivity contribution in [3.8, 4) is 0 Å². The molecule has 1 unspecified atom stereocenters. The molecule has 19 heavy (non-hydrogen) atoms. The summed E-state index contributed by atoms with van der Waals surface area (Å²) < 4.78 is 0. The number of H-pyrrole nitrogens is 1. The highest BCUT2D eigenvalue weighted by Gasteiger charge is 2.04. The molecule has 2 heterocycles. The van der Waals surface area contributed by atoms with Crippen LogP contribution >= 0.6 is 0 Å². The van der Waals surface area contributed by atoms with Crippen molar-refractivity contribution < 1.29 is 0 Å². The van der Waals surface area contributed by atoms with E-state index in [1.807, 2.05) is 30.7 Å². The number of pyridine rings is 1. The van der Waals surface area contributed by atoms with Crippen LogP contribution in [0.3, 0.4) is 0 Å². The average Bonchev–Trinajstić information content (AvgIpc) is 2.93. The fraction of sp³-hybridized carbons (Fsp3) is 0.188. The van der Waals surface area contributed by atoms with E-state index in [1.165, 1.54) is 22.0 Å². The molecule has 0 saturated heterocycles. The third-order valence-electron chi connectivity index (χ3n) is 3.44. The van der Waals surface area contributed by atoms with Gasteiger partial charge in [-0.2, -0.15) is 0 Å². The van der Waals surface area contributed by atoms with E-state index in [0.29, 0.717) is 6.04 Å². The maximum atomic E-state index is 4.04. The van der Waals surface area contributed by atoms with Gasteiger partial charge in [-0.1, -0.05) is 12.1 Å². The van der Waals surface area contributed by atoms with E-state index in [-0.39, 0.29) is 0 Å². The number of rotatable bonds is 4. The van der Waals surface area contributed by atoms with Crippen molar-refractivity contribution in [1.29, 1.82) is 0 Å². The zero-order valence-electron chi connectivity index (χ0n) is 10.9. The van der Waals surface area contributed by atoms with E-state index in [2.05, 4.69) is 46.5 Å². The molecule has 3 rings (SSSR count). The van der Waals surface area contributed by atoms with Gasteiger partial charge in [-0.3, -0.25) is 4.98 Å². The molecule has 3 heteroatoms. The Morgan fingerprint density at radius 2 is 2.00 bits per heavy atom. The summed E-state index contributed by atoms with van der Waals surface area (Å²) in [6.45, 7) is 3.03. The van der Waals surface area contributed by atoms with E-state index in [4.69, 9.17) is 0 Å². The normalized spacial score (nSPS) is 12.7. The molecule has 0 fully saturated rings. The number of hydrogen-bond acceptors (Lipinski definition) is 2. The second kappa shape index (κ2) is 5.24. The Morgan fingerprint density at radius 3 is 2.84 bits per heavy atom. The summed E-state index contributed by atoms with van der Waals surface area (Å²) >= 11 is 0. The number of nitrogens with one attached hydrogen (secondary N) is 2. The van der Waals surface area contributed by atoms with Crippen LogP contribution in [0.25, 0.3) is 10.9 Å². The fourth-order valence-electron chi connectivity index (χ4n) is 2.25. The Bertz CT molecular complexity index is 658. The van der Waals surface area contributed by atoms with Crippen LogP contribution in [0, 0.1) is 0 Å². The van der Waals surface area contributed by atoms with Crippen molar-refractivity contribution in [3.63, 3.8) is 0 Å². The van der Waals surface area contributed by atoms with Crippen LogP contribution in [0.1, 0.15) is 24.1 Å². The number of aromatic amines is 1. The minimum absolute atomic E-state index is 0.322. The highest BCUT2D eigenvalue weighted by molar-refractivity contribution is 5.79. The average molecular weight is 251 g/mol. The van der Waals surface area contributed by atoms with E-state index in [9.17, 15) is 0 Å². The first-order valence-corrected chi connectivity index (χ1v) is 6.52. The molecular formula is C16H17N3. The van der Waals surface area contributed by atoms with Gasteiger partial charge in [0.15, 0.2) is 0 Å². The quantitative estimate of drug-likeness (QED) is 0.746. The summed E-state index contributed by atoms with van der Waals surface area (Å²) in [7, 11) is 0. The molecule has 2 N–H and O–H groups in total. The highest BCUT2D eigenvalue weighted by Crippen LogP contribution is 2.16. The number of aromatic nitrogens is 2. The first kappa shape index (κ1) is 11.9. The molecule has 0 radical (unpaired) electrons. The minimum atomic E-state index is 0.322. The highest BCUT2D eigenvalue weighted by atomic mass is 14.9. The smallest absolute Gasteiger partial charge is 0.0457 e. The first-order chi connectivity index (χ1) is 9.33. The summed E-state index contributed by atoms with van der Waals surface area (Å²) in [6, 6.07) is 13.0. The number of nitrogens with zero attached hydrogens (tertiary/aromatic N) is 1. The zero-order chi connectivity index (χ0) is 13.1. The molecular weight excluding hydrogens is 234 g/mol. The lowest BCUT2D eigenvalue weighted by Crippen LogP contribution is -2.17. The molecule has 1 atom stereocenters. The number of benzene rings is 1. The lowest BCUT2D eigenvalue weighted by Gasteiger charge is -2.14. The van der Waals surface area contributed by atoms with E-state index < -0.39 is 0 Å². The predicted molar refractivity (Wildman–Crippen MR) is 77.8 cm³/mol. The van der Waals surface area contributed by atoms with Gasteiger partial charge in [-0.25, -0.2) is 0 Å². The van der Waals surface area contributed by atoms with Gasteiger partial charge < -0.3 is 10.3 Å². The lowest BCUT2D eigenvalue weighted by molar-refractivity contribution is 0.574. The van der Waals surface area contributed by atoms with Crippen LogP contribution in [-0.2, 0) is 6.54 Å². The van der Waals surface area contributed by atoms with E-state index >= 15 is 0 Å². The second-order valence-electron chi connectivity index (χ2n) is 4.78. The van der Waals surface area contributed by atoms with Gasteiger partial charge in [0.25, 0.3) is 0 Å². The third-order valence-corrected chi connectivity index (χ3v) is 3.44. The zero-order valence-corrected chi connectivity index (χ0v) is 10.9. The van der Waals surface area contributed by atoms with Crippen LogP contribution < -0.4 is 5.32 Å². The van der Waals surface area contributed by atoms with Crippen molar-refractivity contribution in [2.75, 3.05) is 0 Å². The Morgan fingerprint density at radius 1 is 1.16 bits per heavy atom. The molecule has 96 valence electrons. The van der Waals surface area contributed by atoms with Crippen molar-refractivity contribution in [2.24, 2.45) is 0 Å². The fourth-order valence-corrected chi connectivity index (χ4v) is 2.25. The van der Waals surface area contributed by atoms with Gasteiger partial charge in [-0.05, 0) is 47.7 Å². The molecule has 1 aromatic carbocycles. The molecule has 0 aliphatic heterocycles. The van der Waals surface area contributed by atoms with Gasteiger partial charge in [0.2, 0.25) is 0 Å². The SMILES string of the molecule is CC(NCc1ccc2cc[nH]c2c1)c1ccncc1. The second-order valence-corrected chi connectivity index (χ2v) is 4.78. The van der Waals surface area contributed by atoms with Crippen molar-refractivity contribution >= 4 is 10.9 Å². The van der Waals surface area contributed by atoms with Crippen LogP contribution in [0.15, 0.2) is 55.0 Å². The van der Waals surface area contributed by atoms with Crippen molar-refractivity contribution in [2.45, 2.75) is 19.5 Å². The van der Waals surface area contributed by atoms with Gasteiger partial charge in [0.1, 0.15) is 0 Å². The monoisotopic (exact) mass is 251 g/mol. The Labute approximate surface area is 112 Å². The van der Waals surface area contributed by atoms with Gasteiger partial charge in [0, 0.05) is 36.7 Å². The van der Waals surface area contributed by atoms with E-state index in [1.54, 1.807) is 0 Å². The molecule has 0 spiro atoms. The molecule has 0 amide bonds. The van der Waals surface area contributed by atoms with Gasteiger partial charge in [-0.15, -0.1) is 0 Å². The Hall–Kier alpha value is -2.13. The topological polar surface area (TPSA) is 40.7 Å². The van der Waals surface area contributed by atoms with Crippen molar-refractivity contribution in [3.05, 3.63) is 66.1 Å². The summed E-state index contributed by atoms with van der Waals surface area (Å²) in [4.78, 5) is 7.29. The molecule has 0 saturated carbocycles.